The summed E-state index contributed by atoms with van der Waals surface area (Å²) in [5.41, 5.74) is 1.39. The average Bonchev–Trinajstić information content (AvgIpc) is 2.97. The lowest BCUT2D eigenvalue weighted by Crippen LogP contribution is -2.50. The molecule has 26 heavy (non-hydrogen) atoms. The Balaban J connectivity index is 1.49. The number of carbonyl (C=O) groups is 2. The first-order chi connectivity index (χ1) is 12.7. The zero-order valence-corrected chi connectivity index (χ0v) is 15.5. The molecular formula is C20H29N3O3. The van der Waals surface area contributed by atoms with E-state index in [1.807, 2.05) is 4.90 Å². The molecule has 6 heteroatoms. The first kappa shape index (κ1) is 18.7. The summed E-state index contributed by atoms with van der Waals surface area (Å²) in [6, 6.07) is 10.9. The van der Waals surface area contributed by atoms with Gasteiger partial charge in [-0.15, -0.1) is 0 Å². The lowest BCUT2D eigenvalue weighted by Gasteiger charge is -2.36. The van der Waals surface area contributed by atoms with E-state index in [9.17, 15) is 9.59 Å². The molecule has 1 aromatic carbocycles. The van der Waals surface area contributed by atoms with Crippen molar-refractivity contribution >= 4 is 12.0 Å². The average molecular weight is 359 g/mol. The number of rotatable bonds is 6. The fourth-order valence-corrected chi connectivity index (χ4v) is 4.14. The number of carbonyl (C=O) groups excluding carboxylic acids is 2. The van der Waals surface area contributed by atoms with Crippen LogP contribution in [0, 0.1) is 5.92 Å². The van der Waals surface area contributed by atoms with Crippen molar-refractivity contribution < 1.29 is 14.3 Å². The van der Waals surface area contributed by atoms with E-state index < -0.39 is 6.09 Å². The van der Waals surface area contributed by atoms with Gasteiger partial charge in [0.1, 0.15) is 6.54 Å². The molecular weight excluding hydrogens is 330 g/mol. The van der Waals surface area contributed by atoms with Gasteiger partial charge in [-0.2, -0.15) is 0 Å². The molecule has 3 aliphatic rings. The minimum Gasteiger partial charge on any atom is -0.453 e. The van der Waals surface area contributed by atoms with Crippen molar-refractivity contribution in [3.63, 3.8) is 0 Å². The van der Waals surface area contributed by atoms with Crippen LogP contribution >= 0.6 is 0 Å². The van der Waals surface area contributed by atoms with Gasteiger partial charge in [0.2, 0.25) is 5.91 Å². The Bertz CT molecular complexity index is 608. The number of ether oxygens (including phenoxy) is 1. The SMILES string of the molecule is COC(=O)NCC(=O)N1C[C@@H]2CC[C@H]1CN(CCCc1ccccc1)C2. The van der Waals surface area contributed by atoms with E-state index in [1.54, 1.807) is 0 Å². The summed E-state index contributed by atoms with van der Waals surface area (Å²) < 4.78 is 4.54. The molecule has 4 rings (SSSR count). The molecule has 0 aliphatic carbocycles. The maximum Gasteiger partial charge on any atom is 0.407 e. The van der Waals surface area contributed by atoms with Gasteiger partial charge in [-0.05, 0) is 43.7 Å². The lowest BCUT2D eigenvalue weighted by atomic mass is 9.95. The van der Waals surface area contributed by atoms with Crippen LogP contribution in [0.25, 0.3) is 0 Å². The number of aryl methyl sites for hydroxylation is 1. The van der Waals surface area contributed by atoms with Crippen LogP contribution in [0.4, 0.5) is 4.79 Å². The molecule has 3 fully saturated rings. The van der Waals surface area contributed by atoms with Crippen molar-refractivity contribution in [2.75, 3.05) is 39.8 Å². The van der Waals surface area contributed by atoms with Crippen LogP contribution in [0.2, 0.25) is 0 Å². The van der Waals surface area contributed by atoms with E-state index in [4.69, 9.17) is 0 Å². The third kappa shape index (κ3) is 4.97. The van der Waals surface area contributed by atoms with Gasteiger partial charge in [0.15, 0.2) is 0 Å². The predicted molar refractivity (Wildman–Crippen MR) is 99.8 cm³/mol. The summed E-state index contributed by atoms with van der Waals surface area (Å²) in [5, 5.41) is 2.51. The number of nitrogens with one attached hydrogen (secondary N) is 1. The number of alkyl carbamates (subject to hydrolysis) is 1. The molecule has 3 aliphatic heterocycles. The van der Waals surface area contributed by atoms with Crippen molar-refractivity contribution in [3.8, 4) is 0 Å². The monoisotopic (exact) mass is 359 g/mol. The van der Waals surface area contributed by atoms with Crippen molar-refractivity contribution in [3.05, 3.63) is 35.9 Å². The maximum atomic E-state index is 12.5. The maximum absolute atomic E-state index is 12.5. The molecule has 0 saturated carbocycles. The van der Waals surface area contributed by atoms with Gasteiger partial charge in [-0.1, -0.05) is 30.3 Å². The Hall–Kier alpha value is -2.08. The molecule has 0 aromatic heterocycles. The van der Waals surface area contributed by atoms with E-state index in [1.165, 1.54) is 19.1 Å². The molecule has 1 N–H and O–H groups in total. The molecule has 0 radical (unpaired) electrons. The Kier molecular flexibility index (Phi) is 6.50. The third-order valence-electron chi connectivity index (χ3n) is 5.46. The number of piperidine rings is 1. The minimum atomic E-state index is -0.555. The van der Waals surface area contributed by atoms with Crippen molar-refractivity contribution in [1.82, 2.24) is 15.1 Å². The smallest absolute Gasteiger partial charge is 0.407 e. The molecule has 2 atom stereocenters. The van der Waals surface area contributed by atoms with Crippen LogP contribution in [0.5, 0.6) is 0 Å². The van der Waals surface area contributed by atoms with Gasteiger partial charge in [0.25, 0.3) is 0 Å². The highest BCUT2D eigenvalue weighted by molar-refractivity contribution is 5.82. The van der Waals surface area contributed by atoms with E-state index in [-0.39, 0.29) is 18.5 Å². The van der Waals surface area contributed by atoms with Gasteiger partial charge in [-0.25, -0.2) is 4.79 Å². The number of hydrogen-bond acceptors (Lipinski definition) is 4. The number of amides is 2. The molecule has 2 amide bonds. The Labute approximate surface area is 155 Å². The summed E-state index contributed by atoms with van der Waals surface area (Å²) in [6.07, 6.45) is 3.93. The first-order valence-corrected chi connectivity index (χ1v) is 9.53. The molecule has 6 nitrogen and oxygen atoms in total. The lowest BCUT2D eigenvalue weighted by molar-refractivity contribution is -0.134. The summed E-state index contributed by atoms with van der Waals surface area (Å²) in [7, 11) is 1.31. The summed E-state index contributed by atoms with van der Waals surface area (Å²) in [6.45, 7) is 3.91. The third-order valence-corrected chi connectivity index (χ3v) is 5.46. The molecule has 2 bridgehead atoms. The van der Waals surface area contributed by atoms with Gasteiger partial charge in [-0.3, -0.25) is 4.79 Å². The molecule has 3 heterocycles. The van der Waals surface area contributed by atoms with E-state index in [0.717, 1.165) is 45.4 Å². The fourth-order valence-electron chi connectivity index (χ4n) is 4.14. The van der Waals surface area contributed by atoms with Gasteiger partial charge < -0.3 is 19.9 Å². The standard InChI is InChI=1S/C20H29N3O3/c1-26-20(25)21-12-19(24)23-14-17-9-10-18(23)15-22(13-17)11-5-8-16-6-3-2-4-7-16/h2-4,6-7,17-18H,5,8-15H2,1H3,(H,21,25)/t17-,18+/m1/s1. The molecule has 3 saturated heterocycles. The molecule has 142 valence electrons. The number of fused-ring (bicyclic) bond motifs is 4. The highest BCUT2D eigenvalue weighted by Crippen LogP contribution is 2.28. The minimum absolute atomic E-state index is 0.00349. The zero-order chi connectivity index (χ0) is 18.4. The van der Waals surface area contributed by atoms with Crippen LogP contribution in [-0.4, -0.2) is 67.7 Å². The number of nitrogens with zero attached hydrogens (tertiary/aromatic N) is 2. The Morgan fingerprint density at radius 2 is 1.96 bits per heavy atom. The summed E-state index contributed by atoms with van der Waals surface area (Å²) >= 11 is 0. The van der Waals surface area contributed by atoms with Gasteiger partial charge >= 0.3 is 6.09 Å². The van der Waals surface area contributed by atoms with Crippen LogP contribution in [0.3, 0.4) is 0 Å². The van der Waals surface area contributed by atoms with Crippen molar-refractivity contribution in [2.45, 2.75) is 31.7 Å². The second kappa shape index (κ2) is 9.03. The number of hydrogen-bond donors (Lipinski definition) is 1. The normalized spacial score (nSPS) is 22.7. The first-order valence-electron chi connectivity index (χ1n) is 9.53. The molecule has 0 spiro atoms. The van der Waals surface area contributed by atoms with E-state index >= 15 is 0 Å². The quantitative estimate of drug-likeness (QED) is 0.843. The number of methoxy groups -OCH3 is 1. The van der Waals surface area contributed by atoms with Gasteiger partial charge in [0, 0.05) is 25.7 Å². The predicted octanol–water partition coefficient (Wildman–Crippen LogP) is 1.90. The van der Waals surface area contributed by atoms with Crippen molar-refractivity contribution in [1.29, 1.82) is 0 Å². The summed E-state index contributed by atoms with van der Waals surface area (Å²) in [4.78, 5) is 28.2. The summed E-state index contributed by atoms with van der Waals surface area (Å²) in [5.74, 6) is 0.531. The largest absolute Gasteiger partial charge is 0.453 e. The highest BCUT2D eigenvalue weighted by atomic mass is 16.5. The second-order valence-corrected chi connectivity index (χ2v) is 7.34. The van der Waals surface area contributed by atoms with Crippen LogP contribution in [-0.2, 0) is 16.0 Å². The number of benzene rings is 1. The molecule has 0 unspecified atom stereocenters. The topological polar surface area (TPSA) is 61.9 Å². The highest BCUT2D eigenvalue weighted by Gasteiger charge is 2.36. The van der Waals surface area contributed by atoms with E-state index in [2.05, 4.69) is 45.3 Å². The van der Waals surface area contributed by atoms with E-state index in [0.29, 0.717) is 5.92 Å². The van der Waals surface area contributed by atoms with Crippen molar-refractivity contribution in [2.24, 2.45) is 5.92 Å². The Morgan fingerprint density at radius 3 is 2.73 bits per heavy atom. The Morgan fingerprint density at radius 1 is 1.15 bits per heavy atom. The second-order valence-electron chi connectivity index (χ2n) is 7.34. The van der Waals surface area contributed by atoms with Crippen LogP contribution < -0.4 is 5.32 Å². The van der Waals surface area contributed by atoms with Crippen LogP contribution in [0.1, 0.15) is 24.8 Å². The van der Waals surface area contributed by atoms with Crippen LogP contribution in [0.15, 0.2) is 30.3 Å². The molecule has 1 aromatic rings. The van der Waals surface area contributed by atoms with Gasteiger partial charge in [0.05, 0.1) is 7.11 Å². The zero-order valence-electron chi connectivity index (χ0n) is 15.5. The fraction of sp³-hybridized carbons (Fsp3) is 0.600.